The van der Waals surface area contributed by atoms with E-state index < -0.39 is 12.1 Å². The summed E-state index contributed by atoms with van der Waals surface area (Å²) in [7, 11) is 0. The van der Waals surface area contributed by atoms with E-state index in [2.05, 4.69) is 27.0 Å². The van der Waals surface area contributed by atoms with E-state index in [-0.39, 0.29) is 5.41 Å². The zero-order valence-electron chi connectivity index (χ0n) is 17.9. The van der Waals surface area contributed by atoms with Gasteiger partial charge in [0.2, 0.25) is 5.91 Å². The van der Waals surface area contributed by atoms with Crippen LogP contribution in [0.5, 0.6) is 0 Å². The molecule has 174 valence electrons. The molecular weight excluding hydrogens is 425 g/mol. The van der Waals surface area contributed by atoms with Gasteiger partial charge in [0.15, 0.2) is 0 Å². The Morgan fingerprint density at radius 1 is 1.16 bits per heavy atom. The first-order valence-electron chi connectivity index (χ1n) is 10.7. The zero-order chi connectivity index (χ0) is 23.4. The number of rotatable bonds is 2. The lowest BCUT2D eigenvalue weighted by Crippen LogP contribution is -2.44. The number of aromatic nitrogens is 3. The molecule has 32 heavy (non-hydrogen) atoms. The predicted molar refractivity (Wildman–Crippen MR) is 111 cm³/mol. The van der Waals surface area contributed by atoms with Gasteiger partial charge in [0.05, 0.1) is 5.69 Å². The summed E-state index contributed by atoms with van der Waals surface area (Å²) in [6.07, 6.45) is 5.98. The number of alkyl halides is 3. The third-order valence-electron chi connectivity index (χ3n) is 6.15. The van der Waals surface area contributed by atoms with Gasteiger partial charge < -0.3 is 10.0 Å². The lowest BCUT2D eigenvalue weighted by Gasteiger charge is -2.36. The van der Waals surface area contributed by atoms with Gasteiger partial charge in [0, 0.05) is 54.1 Å². The number of fused-ring (bicyclic) bond motifs is 1. The van der Waals surface area contributed by atoms with Crippen molar-refractivity contribution in [1.29, 1.82) is 0 Å². The lowest BCUT2D eigenvalue weighted by atomic mass is 9.74. The molecular formula is C22H27F3N4O3. The van der Waals surface area contributed by atoms with Crippen LogP contribution in [-0.4, -0.2) is 56.3 Å². The number of carboxylic acid groups (broad SMARTS) is 1. The van der Waals surface area contributed by atoms with E-state index in [0.717, 1.165) is 50.0 Å². The van der Waals surface area contributed by atoms with Crippen molar-refractivity contribution in [3.05, 3.63) is 35.8 Å². The second kappa shape index (κ2) is 9.70. The van der Waals surface area contributed by atoms with E-state index in [1.165, 1.54) is 30.5 Å². The van der Waals surface area contributed by atoms with Crippen LogP contribution in [0, 0.1) is 5.41 Å². The maximum atomic E-state index is 13.1. The smallest absolute Gasteiger partial charge is 0.475 e. The molecule has 10 heteroatoms. The quantitative estimate of drug-likeness (QED) is 0.718. The molecule has 0 atom stereocenters. The Bertz CT molecular complexity index is 938. The average Bonchev–Trinajstić information content (AvgIpc) is 3.05. The van der Waals surface area contributed by atoms with Gasteiger partial charge in [0.1, 0.15) is 0 Å². The topological polar surface area (TPSA) is 99.2 Å². The van der Waals surface area contributed by atoms with Gasteiger partial charge in [-0.2, -0.15) is 18.3 Å². The molecule has 2 aromatic heterocycles. The number of carboxylic acids is 1. The number of hydrogen-bond acceptors (Lipinski definition) is 4. The van der Waals surface area contributed by atoms with Gasteiger partial charge in [-0.1, -0.05) is 26.2 Å². The molecule has 0 unspecified atom stereocenters. The van der Waals surface area contributed by atoms with E-state index in [4.69, 9.17) is 9.90 Å². The van der Waals surface area contributed by atoms with Gasteiger partial charge in [0.25, 0.3) is 0 Å². The van der Waals surface area contributed by atoms with Crippen molar-refractivity contribution in [2.75, 3.05) is 13.1 Å². The fraction of sp³-hybridized carbons (Fsp3) is 0.545. The van der Waals surface area contributed by atoms with E-state index in [1.54, 1.807) is 6.20 Å². The summed E-state index contributed by atoms with van der Waals surface area (Å²) >= 11 is 0. The maximum Gasteiger partial charge on any atom is 0.490 e. The third-order valence-corrected chi connectivity index (χ3v) is 6.15. The molecule has 1 amide bonds. The van der Waals surface area contributed by atoms with Crippen molar-refractivity contribution in [1.82, 2.24) is 20.1 Å². The summed E-state index contributed by atoms with van der Waals surface area (Å²) in [5, 5.41) is 14.8. The van der Waals surface area contributed by atoms with Crippen LogP contribution in [0.1, 0.15) is 50.3 Å². The molecule has 0 bridgehead atoms. The molecule has 2 aromatic rings. The van der Waals surface area contributed by atoms with E-state index >= 15 is 0 Å². The standard InChI is InChI=1S/C20H26N4O.C2HF3O2/c1-20(9-3-2-4-10-20)19(25)24-12-7-16-17(8-13-24)22-23-18(16)15-6-5-11-21-14-15;3-2(4,5)1(6)7/h5-6,11,14H,2-4,7-10,12-13H2,1H3,(H,22,23);(H,6,7). The molecule has 0 spiro atoms. The number of aromatic amines is 1. The monoisotopic (exact) mass is 452 g/mol. The Hall–Kier alpha value is -2.91. The maximum absolute atomic E-state index is 13.1. The van der Waals surface area contributed by atoms with Gasteiger partial charge in [-0.05, 0) is 31.4 Å². The number of hydrogen-bond donors (Lipinski definition) is 2. The molecule has 0 saturated heterocycles. The normalized spacial score (nSPS) is 18.1. The molecule has 2 aliphatic rings. The lowest BCUT2D eigenvalue weighted by molar-refractivity contribution is -0.192. The average molecular weight is 452 g/mol. The molecule has 1 aliphatic heterocycles. The number of aliphatic carboxylic acids is 1. The largest absolute Gasteiger partial charge is 0.490 e. The Morgan fingerprint density at radius 2 is 1.81 bits per heavy atom. The first-order chi connectivity index (χ1) is 15.1. The Morgan fingerprint density at radius 3 is 2.41 bits per heavy atom. The van der Waals surface area contributed by atoms with Gasteiger partial charge in [-0.3, -0.25) is 14.9 Å². The number of halogens is 3. The highest BCUT2D eigenvalue weighted by Gasteiger charge is 2.39. The van der Waals surface area contributed by atoms with Crippen LogP contribution >= 0.6 is 0 Å². The molecule has 1 saturated carbocycles. The summed E-state index contributed by atoms with van der Waals surface area (Å²) in [6.45, 7) is 3.74. The molecule has 4 rings (SSSR count). The summed E-state index contributed by atoms with van der Waals surface area (Å²) in [5.41, 5.74) is 4.29. The van der Waals surface area contributed by atoms with Crippen molar-refractivity contribution >= 4 is 11.9 Å². The molecule has 0 radical (unpaired) electrons. The summed E-state index contributed by atoms with van der Waals surface area (Å²) in [6, 6.07) is 3.98. The molecule has 7 nitrogen and oxygen atoms in total. The number of carbonyl (C=O) groups is 2. The first kappa shape index (κ1) is 23.7. The van der Waals surface area contributed by atoms with Crippen molar-refractivity contribution < 1.29 is 27.9 Å². The molecule has 0 aromatic carbocycles. The molecule has 3 heterocycles. The number of H-pyrrole nitrogens is 1. The number of amides is 1. The summed E-state index contributed by atoms with van der Waals surface area (Å²) in [5.74, 6) is -2.40. The van der Waals surface area contributed by atoms with Crippen LogP contribution in [-0.2, 0) is 22.4 Å². The Balaban J connectivity index is 0.000000360. The number of nitrogens with zero attached hydrogens (tertiary/aromatic N) is 3. The molecule has 2 N–H and O–H groups in total. The van der Waals surface area contributed by atoms with Crippen LogP contribution in [0.3, 0.4) is 0 Å². The predicted octanol–water partition coefficient (Wildman–Crippen LogP) is 4.00. The van der Waals surface area contributed by atoms with Gasteiger partial charge in [-0.15, -0.1) is 0 Å². The van der Waals surface area contributed by atoms with Gasteiger partial charge >= 0.3 is 12.1 Å². The highest BCUT2D eigenvalue weighted by Crippen LogP contribution is 2.38. The fourth-order valence-electron chi connectivity index (χ4n) is 4.36. The minimum atomic E-state index is -5.08. The van der Waals surface area contributed by atoms with Crippen molar-refractivity contribution in [3.8, 4) is 11.3 Å². The third kappa shape index (κ3) is 5.46. The van der Waals surface area contributed by atoms with Gasteiger partial charge in [-0.25, -0.2) is 4.79 Å². The van der Waals surface area contributed by atoms with E-state index in [9.17, 15) is 18.0 Å². The number of carbonyl (C=O) groups excluding carboxylic acids is 1. The second-order valence-corrected chi connectivity index (χ2v) is 8.49. The van der Waals surface area contributed by atoms with E-state index in [1.807, 2.05) is 18.3 Å². The van der Waals surface area contributed by atoms with Crippen LogP contribution in [0.2, 0.25) is 0 Å². The van der Waals surface area contributed by atoms with Crippen LogP contribution in [0.15, 0.2) is 24.5 Å². The zero-order valence-corrected chi connectivity index (χ0v) is 17.9. The highest BCUT2D eigenvalue weighted by atomic mass is 19.4. The SMILES string of the molecule is CC1(C(=O)N2CCc3[nH]nc(-c4cccnc4)c3CC2)CCCCC1.O=C(O)C(F)(F)F. The summed E-state index contributed by atoms with van der Waals surface area (Å²) < 4.78 is 31.7. The highest BCUT2D eigenvalue weighted by molar-refractivity contribution is 5.82. The number of pyridine rings is 1. The van der Waals surface area contributed by atoms with Crippen molar-refractivity contribution in [2.24, 2.45) is 5.41 Å². The molecule has 1 aliphatic carbocycles. The van der Waals surface area contributed by atoms with Crippen molar-refractivity contribution in [2.45, 2.75) is 58.0 Å². The van der Waals surface area contributed by atoms with Crippen LogP contribution in [0.4, 0.5) is 13.2 Å². The second-order valence-electron chi connectivity index (χ2n) is 8.49. The minimum absolute atomic E-state index is 0.152. The van der Waals surface area contributed by atoms with Crippen molar-refractivity contribution in [3.63, 3.8) is 0 Å². The van der Waals surface area contributed by atoms with Crippen LogP contribution < -0.4 is 0 Å². The van der Waals surface area contributed by atoms with Crippen LogP contribution in [0.25, 0.3) is 11.3 Å². The molecule has 1 fully saturated rings. The number of nitrogens with one attached hydrogen (secondary N) is 1. The fourth-order valence-corrected chi connectivity index (χ4v) is 4.36. The van der Waals surface area contributed by atoms with E-state index in [0.29, 0.717) is 5.91 Å². The Labute approximate surface area is 184 Å². The Kier molecular flexibility index (Phi) is 7.20. The first-order valence-corrected chi connectivity index (χ1v) is 10.7. The minimum Gasteiger partial charge on any atom is -0.475 e. The summed E-state index contributed by atoms with van der Waals surface area (Å²) in [4.78, 5) is 28.3.